The molecule has 0 bridgehead atoms. The molecule has 4 heteroatoms. The Morgan fingerprint density at radius 3 is 2.71 bits per heavy atom. The molecule has 1 aromatic rings. The minimum absolute atomic E-state index is 0.0261. The van der Waals surface area contributed by atoms with Gasteiger partial charge in [0.2, 0.25) is 0 Å². The summed E-state index contributed by atoms with van der Waals surface area (Å²) in [5.74, 6) is 1.45. The molecule has 94 valence electrons. The van der Waals surface area contributed by atoms with Crippen molar-refractivity contribution in [1.82, 2.24) is 0 Å². The van der Waals surface area contributed by atoms with E-state index in [0.29, 0.717) is 25.4 Å². The summed E-state index contributed by atoms with van der Waals surface area (Å²) in [5.41, 5.74) is 0.832. The molecule has 2 unspecified atom stereocenters. The highest BCUT2D eigenvalue weighted by atomic mass is 16.6. The largest absolute Gasteiger partial charge is 0.486 e. The molecule has 1 N–H and O–H groups in total. The molecule has 0 spiro atoms. The van der Waals surface area contributed by atoms with Crippen molar-refractivity contribution in [3.05, 3.63) is 23.8 Å². The molecule has 0 saturated carbocycles. The molecule has 2 atom stereocenters. The van der Waals surface area contributed by atoms with Gasteiger partial charge in [0, 0.05) is 13.5 Å². The van der Waals surface area contributed by atoms with E-state index < -0.39 is 6.10 Å². The number of benzene rings is 1. The molecule has 2 rings (SSSR count). The second kappa shape index (κ2) is 5.38. The Morgan fingerprint density at radius 1 is 1.29 bits per heavy atom. The van der Waals surface area contributed by atoms with Gasteiger partial charge < -0.3 is 19.3 Å². The fraction of sp³-hybridized carbons (Fsp3) is 0.538. The summed E-state index contributed by atoms with van der Waals surface area (Å²) in [6, 6.07) is 5.53. The summed E-state index contributed by atoms with van der Waals surface area (Å²) in [4.78, 5) is 0. The second-order valence-electron chi connectivity index (χ2n) is 4.20. The summed E-state index contributed by atoms with van der Waals surface area (Å²) in [6.07, 6.45) is 0.0508. The summed E-state index contributed by atoms with van der Waals surface area (Å²) in [5, 5.41) is 10.0. The molecular weight excluding hydrogens is 220 g/mol. The number of hydrogen-bond donors (Lipinski definition) is 1. The highest BCUT2D eigenvalue weighted by Crippen LogP contribution is 2.33. The fourth-order valence-corrected chi connectivity index (χ4v) is 1.81. The van der Waals surface area contributed by atoms with Gasteiger partial charge in [-0.15, -0.1) is 0 Å². The van der Waals surface area contributed by atoms with Crippen LogP contribution in [-0.2, 0) is 4.74 Å². The van der Waals surface area contributed by atoms with Crippen LogP contribution in [0.4, 0.5) is 0 Å². The molecule has 0 amide bonds. The maximum absolute atomic E-state index is 10.0. The highest BCUT2D eigenvalue weighted by Gasteiger charge is 2.17. The van der Waals surface area contributed by atoms with Crippen molar-refractivity contribution in [2.45, 2.75) is 25.6 Å². The average molecular weight is 238 g/mol. The third-order valence-electron chi connectivity index (χ3n) is 2.91. The van der Waals surface area contributed by atoms with Crippen LogP contribution >= 0.6 is 0 Å². The van der Waals surface area contributed by atoms with Gasteiger partial charge in [-0.05, 0) is 24.6 Å². The zero-order valence-corrected chi connectivity index (χ0v) is 10.2. The van der Waals surface area contributed by atoms with Crippen LogP contribution in [-0.4, -0.2) is 31.5 Å². The quantitative estimate of drug-likeness (QED) is 0.870. The minimum Gasteiger partial charge on any atom is -0.486 e. The molecule has 17 heavy (non-hydrogen) atoms. The lowest BCUT2D eigenvalue weighted by molar-refractivity contribution is 0.0557. The normalized spacial score (nSPS) is 17.6. The third-order valence-corrected chi connectivity index (χ3v) is 2.91. The Balaban J connectivity index is 2.10. The van der Waals surface area contributed by atoms with E-state index in [1.165, 1.54) is 0 Å². The number of rotatable bonds is 4. The van der Waals surface area contributed by atoms with E-state index in [4.69, 9.17) is 14.2 Å². The molecule has 1 aliphatic rings. The van der Waals surface area contributed by atoms with E-state index in [0.717, 1.165) is 11.3 Å². The zero-order valence-electron chi connectivity index (χ0n) is 10.2. The van der Waals surface area contributed by atoms with Crippen molar-refractivity contribution in [1.29, 1.82) is 0 Å². The lowest BCUT2D eigenvalue weighted by atomic mass is 10.0. The summed E-state index contributed by atoms with van der Waals surface area (Å²) in [6.45, 7) is 3.07. The monoisotopic (exact) mass is 238 g/mol. The van der Waals surface area contributed by atoms with Crippen LogP contribution in [0.15, 0.2) is 18.2 Å². The predicted molar refractivity (Wildman–Crippen MR) is 63.5 cm³/mol. The Morgan fingerprint density at radius 2 is 2.00 bits per heavy atom. The Kier molecular flexibility index (Phi) is 3.86. The number of ether oxygens (including phenoxy) is 3. The summed E-state index contributed by atoms with van der Waals surface area (Å²) in [7, 11) is 1.64. The van der Waals surface area contributed by atoms with Crippen molar-refractivity contribution in [3.8, 4) is 11.5 Å². The first kappa shape index (κ1) is 12.2. The lowest BCUT2D eigenvalue weighted by Crippen LogP contribution is -2.16. The van der Waals surface area contributed by atoms with E-state index in [-0.39, 0.29) is 6.10 Å². The first-order valence-corrected chi connectivity index (χ1v) is 5.81. The lowest BCUT2D eigenvalue weighted by Gasteiger charge is -2.21. The van der Waals surface area contributed by atoms with Crippen LogP contribution < -0.4 is 9.47 Å². The van der Waals surface area contributed by atoms with Crippen molar-refractivity contribution in [2.24, 2.45) is 0 Å². The van der Waals surface area contributed by atoms with E-state index >= 15 is 0 Å². The van der Waals surface area contributed by atoms with E-state index in [1.54, 1.807) is 7.11 Å². The van der Waals surface area contributed by atoms with Gasteiger partial charge in [-0.3, -0.25) is 0 Å². The van der Waals surface area contributed by atoms with Crippen LogP contribution in [0.1, 0.15) is 25.0 Å². The van der Waals surface area contributed by atoms with Crippen LogP contribution in [0.3, 0.4) is 0 Å². The van der Waals surface area contributed by atoms with Crippen LogP contribution in [0, 0.1) is 0 Å². The third kappa shape index (κ3) is 2.90. The molecule has 0 saturated heterocycles. The van der Waals surface area contributed by atoms with Gasteiger partial charge in [-0.25, -0.2) is 0 Å². The predicted octanol–water partition coefficient (Wildman–Crippen LogP) is 1.92. The van der Waals surface area contributed by atoms with Gasteiger partial charge in [0.1, 0.15) is 13.2 Å². The molecular formula is C13H18O4. The molecule has 0 aliphatic carbocycles. The fourth-order valence-electron chi connectivity index (χ4n) is 1.81. The van der Waals surface area contributed by atoms with E-state index in [9.17, 15) is 5.11 Å². The smallest absolute Gasteiger partial charge is 0.161 e. The Labute approximate surface area is 101 Å². The van der Waals surface area contributed by atoms with Crippen molar-refractivity contribution < 1.29 is 19.3 Å². The molecule has 4 nitrogen and oxygen atoms in total. The zero-order chi connectivity index (χ0) is 12.3. The van der Waals surface area contributed by atoms with Gasteiger partial charge in [-0.2, -0.15) is 0 Å². The maximum atomic E-state index is 10.0. The Hall–Kier alpha value is -1.26. The highest BCUT2D eigenvalue weighted by molar-refractivity contribution is 5.44. The minimum atomic E-state index is -0.541. The van der Waals surface area contributed by atoms with Crippen molar-refractivity contribution in [2.75, 3.05) is 20.3 Å². The van der Waals surface area contributed by atoms with E-state index in [1.807, 2.05) is 25.1 Å². The Bertz CT molecular complexity index is 378. The number of aliphatic hydroxyl groups excluding tert-OH is 1. The SMILES string of the molecule is COC(C)CC(O)c1ccc2c(c1)OCCO2. The number of fused-ring (bicyclic) bond motifs is 1. The van der Waals surface area contributed by atoms with Gasteiger partial charge in [0.25, 0.3) is 0 Å². The van der Waals surface area contributed by atoms with Crippen LogP contribution in [0.25, 0.3) is 0 Å². The van der Waals surface area contributed by atoms with Crippen molar-refractivity contribution >= 4 is 0 Å². The molecule has 0 fully saturated rings. The van der Waals surface area contributed by atoms with Gasteiger partial charge in [-0.1, -0.05) is 6.07 Å². The number of aliphatic hydroxyl groups is 1. The van der Waals surface area contributed by atoms with Crippen molar-refractivity contribution in [3.63, 3.8) is 0 Å². The average Bonchev–Trinajstić information content (AvgIpc) is 2.38. The van der Waals surface area contributed by atoms with Crippen LogP contribution in [0.5, 0.6) is 11.5 Å². The van der Waals surface area contributed by atoms with E-state index in [2.05, 4.69) is 0 Å². The topological polar surface area (TPSA) is 47.9 Å². The first-order valence-electron chi connectivity index (χ1n) is 5.81. The second-order valence-corrected chi connectivity index (χ2v) is 4.20. The summed E-state index contributed by atoms with van der Waals surface area (Å²) < 4.78 is 16.0. The van der Waals surface area contributed by atoms with Crippen LogP contribution in [0.2, 0.25) is 0 Å². The molecule has 1 aromatic carbocycles. The number of hydrogen-bond acceptors (Lipinski definition) is 4. The molecule has 0 aromatic heterocycles. The standard InChI is InChI=1S/C13H18O4/c1-9(15-2)7-11(14)10-3-4-12-13(8-10)17-6-5-16-12/h3-4,8-9,11,14H,5-7H2,1-2H3. The van der Waals surface area contributed by atoms with Gasteiger partial charge >= 0.3 is 0 Å². The van der Waals surface area contributed by atoms with Gasteiger partial charge in [0.05, 0.1) is 12.2 Å². The number of methoxy groups -OCH3 is 1. The molecule has 0 radical (unpaired) electrons. The molecule has 1 heterocycles. The maximum Gasteiger partial charge on any atom is 0.161 e. The summed E-state index contributed by atoms with van der Waals surface area (Å²) >= 11 is 0. The molecule has 1 aliphatic heterocycles. The van der Waals surface area contributed by atoms with Gasteiger partial charge in [0.15, 0.2) is 11.5 Å². The first-order chi connectivity index (χ1) is 8.20.